The third-order valence-electron chi connectivity index (χ3n) is 6.73. The molecule has 2 saturated heterocycles. The molecule has 3 rings (SSSR count). The van der Waals surface area contributed by atoms with Gasteiger partial charge in [0.15, 0.2) is 5.96 Å². The molecule has 3 aliphatic rings. The van der Waals surface area contributed by atoms with E-state index in [0.717, 1.165) is 31.6 Å². The molecule has 0 aromatic rings. The molecule has 2 heterocycles. The molecular weight excluding hydrogens is 439 g/mol. The molecule has 0 aromatic heterocycles. The van der Waals surface area contributed by atoms with Gasteiger partial charge in [-0.25, -0.2) is 0 Å². The number of nitrogens with one attached hydrogen (secondary N) is 1. The van der Waals surface area contributed by atoms with E-state index >= 15 is 0 Å². The van der Waals surface area contributed by atoms with E-state index in [4.69, 9.17) is 4.74 Å². The highest BCUT2D eigenvalue weighted by molar-refractivity contribution is 14.0. The molecule has 0 bridgehead atoms. The van der Waals surface area contributed by atoms with Crippen molar-refractivity contribution < 1.29 is 4.74 Å². The Morgan fingerprint density at radius 1 is 1.12 bits per heavy atom. The molecular formula is C20H39IN4O. The summed E-state index contributed by atoms with van der Waals surface area (Å²) < 4.78 is 5.19. The standard InChI is InChI=1S/C20H38N4O.HI/c1-21-19(24-13-10-20(17-24)8-4-3-5-9-20)22-16-18-6-11-23(12-7-18)14-15-25-2;/h18H,3-17H2,1-2H3,(H,21,22);1H. The minimum Gasteiger partial charge on any atom is -0.383 e. The number of hydrogen-bond donors (Lipinski definition) is 1. The first-order valence-electron chi connectivity index (χ1n) is 10.4. The number of ether oxygens (including phenoxy) is 1. The highest BCUT2D eigenvalue weighted by Gasteiger charge is 2.39. The molecule has 1 N–H and O–H groups in total. The molecule has 0 atom stereocenters. The summed E-state index contributed by atoms with van der Waals surface area (Å²) in [5.41, 5.74) is 0.600. The Labute approximate surface area is 177 Å². The van der Waals surface area contributed by atoms with Crippen molar-refractivity contribution in [3.05, 3.63) is 0 Å². The van der Waals surface area contributed by atoms with Gasteiger partial charge in [-0.2, -0.15) is 0 Å². The van der Waals surface area contributed by atoms with Gasteiger partial charge in [0.2, 0.25) is 0 Å². The topological polar surface area (TPSA) is 40.1 Å². The number of likely N-dealkylation sites (tertiary alicyclic amines) is 2. The SMILES string of the molecule is CN=C(NCC1CCN(CCOC)CC1)N1CCC2(CCCCC2)C1.I. The lowest BCUT2D eigenvalue weighted by molar-refractivity contribution is 0.120. The zero-order valence-electron chi connectivity index (χ0n) is 16.8. The first-order valence-corrected chi connectivity index (χ1v) is 10.4. The van der Waals surface area contributed by atoms with Crippen molar-refractivity contribution in [1.82, 2.24) is 15.1 Å². The van der Waals surface area contributed by atoms with Crippen molar-refractivity contribution in [2.45, 2.75) is 51.4 Å². The van der Waals surface area contributed by atoms with Gasteiger partial charge in [0.05, 0.1) is 6.61 Å². The number of hydrogen-bond acceptors (Lipinski definition) is 3. The summed E-state index contributed by atoms with van der Waals surface area (Å²) in [6.07, 6.45) is 11.1. The molecule has 0 unspecified atom stereocenters. The van der Waals surface area contributed by atoms with Gasteiger partial charge in [0.25, 0.3) is 0 Å². The van der Waals surface area contributed by atoms with Crippen molar-refractivity contribution in [2.75, 3.05) is 60.0 Å². The highest BCUT2D eigenvalue weighted by Crippen LogP contribution is 2.43. The average Bonchev–Trinajstić information content (AvgIpc) is 3.05. The van der Waals surface area contributed by atoms with Crippen LogP contribution in [0.2, 0.25) is 0 Å². The third kappa shape index (κ3) is 5.96. The lowest BCUT2D eigenvalue weighted by atomic mass is 9.73. The second-order valence-electron chi connectivity index (χ2n) is 8.44. The summed E-state index contributed by atoms with van der Waals surface area (Å²) in [6, 6.07) is 0. The zero-order chi connectivity index (χ0) is 17.5. The van der Waals surface area contributed by atoms with E-state index < -0.39 is 0 Å². The van der Waals surface area contributed by atoms with Crippen molar-refractivity contribution >= 4 is 29.9 Å². The van der Waals surface area contributed by atoms with Crippen LogP contribution in [0.1, 0.15) is 51.4 Å². The quantitative estimate of drug-likeness (QED) is 0.375. The zero-order valence-corrected chi connectivity index (χ0v) is 19.2. The second kappa shape index (κ2) is 11.1. The Kier molecular flexibility index (Phi) is 9.44. The van der Waals surface area contributed by atoms with E-state index in [2.05, 4.69) is 20.1 Å². The molecule has 3 fully saturated rings. The van der Waals surface area contributed by atoms with E-state index in [0.29, 0.717) is 5.41 Å². The van der Waals surface area contributed by atoms with Crippen molar-refractivity contribution in [2.24, 2.45) is 16.3 Å². The van der Waals surface area contributed by atoms with Crippen molar-refractivity contribution in [1.29, 1.82) is 0 Å². The van der Waals surface area contributed by atoms with Crippen LogP contribution >= 0.6 is 24.0 Å². The predicted octanol–water partition coefficient (Wildman–Crippen LogP) is 3.19. The van der Waals surface area contributed by atoms with Gasteiger partial charge in [0.1, 0.15) is 0 Å². The summed E-state index contributed by atoms with van der Waals surface area (Å²) >= 11 is 0. The number of halogens is 1. The minimum absolute atomic E-state index is 0. The number of guanidine groups is 1. The molecule has 1 aliphatic carbocycles. The molecule has 1 saturated carbocycles. The maximum Gasteiger partial charge on any atom is 0.193 e. The van der Waals surface area contributed by atoms with Crippen LogP contribution in [0.25, 0.3) is 0 Å². The second-order valence-corrected chi connectivity index (χ2v) is 8.44. The van der Waals surface area contributed by atoms with Gasteiger partial charge in [-0.15, -0.1) is 24.0 Å². The molecule has 0 radical (unpaired) electrons. The van der Waals surface area contributed by atoms with Crippen LogP contribution < -0.4 is 5.32 Å². The molecule has 1 spiro atoms. The van der Waals surface area contributed by atoms with Gasteiger partial charge in [-0.3, -0.25) is 4.99 Å². The fourth-order valence-electron chi connectivity index (χ4n) is 5.03. The summed E-state index contributed by atoms with van der Waals surface area (Å²) in [5, 5.41) is 3.69. The number of methoxy groups -OCH3 is 1. The summed E-state index contributed by atoms with van der Waals surface area (Å²) in [4.78, 5) is 9.65. The molecule has 6 heteroatoms. The van der Waals surface area contributed by atoms with Crippen molar-refractivity contribution in [3.8, 4) is 0 Å². The van der Waals surface area contributed by atoms with Crippen LogP contribution in [0, 0.1) is 11.3 Å². The summed E-state index contributed by atoms with van der Waals surface area (Å²) in [5.74, 6) is 1.92. The maximum atomic E-state index is 5.19. The van der Waals surface area contributed by atoms with Gasteiger partial charge >= 0.3 is 0 Å². The lowest BCUT2D eigenvalue weighted by Gasteiger charge is -2.34. The Hall–Kier alpha value is -0.0800. The minimum atomic E-state index is 0. The van der Waals surface area contributed by atoms with Gasteiger partial charge in [0, 0.05) is 40.3 Å². The smallest absolute Gasteiger partial charge is 0.193 e. The van der Waals surface area contributed by atoms with Crippen LogP contribution in [-0.4, -0.2) is 75.8 Å². The van der Waals surface area contributed by atoms with Crippen LogP contribution in [0.3, 0.4) is 0 Å². The first-order chi connectivity index (χ1) is 12.2. The summed E-state index contributed by atoms with van der Waals surface area (Å²) in [6.45, 7) is 7.84. The number of rotatable bonds is 5. The number of aliphatic imine (C=N–C) groups is 1. The predicted molar refractivity (Wildman–Crippen MR) is 120 cm³/mol. The first kappa shape index (κ1) is 22.2. The van der Waals surface area contributed by atoms with Gasteiger partial charge in [-0.1, -0.05) is 19.3 Å². The van der Waals surface area contributed by atoms with E-state index in [9.17, 15) is 0 Å². The normalized spacial score (nSPS) is 24.7. The van der Waals surface area contributed by atoms with Gasteiger partial charge < -0.3 is 19.9 Å². The Morgan fingerprint density at radius 3 is 2.50 bits per heavy atom. The molecule has 26 heavy (non-hydrogen) atoms. The largest absolute Gasteiger partial charge is 0.383 e. The lowest BCUT2D eigenvalue weighted by Crippen LogP contribution is -2.45. The van der Waals surface area contributed by atoms with E-state index in [1.165, 1.54) is 77.5 Å². The fraction of sp³-hybridized carbons (Fsp3) is 0.950. The van der Waals surface area contributed by atoms with Crippen LogP contribution in [0.5, 0.6) is 0 Å². The average molecular weight is 478 g/mol. The third-order valence-corrected chi connectivity index (χ3v) is 6.73. The van der Waals surface area contributed by atoms with Crippen LogP contribution in [-0.2, 0) is 4.74 Å². The van der Waals surface area contributed by atoms with Crippen LogP contribution in [0.15, 0.2) is 4.99 Å². The molecule has 2 aliphatic heterocycles. The van der Waals surface area contributed by atoms with E-state index in [1.807, 2.05) is 7.05 Å². The Morgan fingerprint density at radius 2 is 1.85 bits per heavy atom. The summed E-state index contributed by atoms with van der Waals surface area (Å²) in [7, 11) is 3.74. The van der Waals surface area contributed by atoms with E-state index in [-0.39, 0.29) is 24.0 Å². The maximum absolute atomic E-state index is 5.19. The van der Waals surface area contributed by atoms with Crippen molar-refractivity contribution in [3.63, 3.8) is 0 Å². The fourth-order valence-corrected chi connectivity index (χ4v) is 5.03. The molecule has 0 amide bonds. The van der Waals surface area contributed by atoms with Crippen LogP contribution in [0.4, 0.5) is 0 Å². The Balaban J connectivity index is 0.00000243. The van der Waals surface area contributed by atoms with Gasteiger partial charge in [-0.05, 0) is 56.5 Å². The molecule has 5 nitrogen and oxygen atoms in total. The molecule has 152 valence electrons. The number of nitrogens with zero attached hydrogens (tertiary/aromatic N) is 3. The monoisotopic (exact) mass is 478 g/mol. The molecule has 0 aromatic carbocycles. The Bertz CT molecular complexity index is 432. The highest BCUT2D eigenvalue weighted by atomic mass is 127. The van der Waals surface area contributed by atoms with E-state index in [1.54, 1.807) is 7.11 Å². The number of piperidine rings is 1.